The SMILES string of the molecule is NC(CCC(=O)O)C(=O)O.[CaH2].[NaH].[NaH]. The van der Waals surface area contributed by atoms with Crippen LogP contribution in [0.25, 0.3) is 0 Å². The zero-order valence-corrected chi connectivity index (χ0v) is 5.28. The maximum absolute atomic E-state index is 9.99. The number of nitrogens with two attached hydrogens (primary N) is 1. The standard InChI is InChI=1S/C5H9NO4.Ca.2Na.4H/c6-3(5(9)10)1-2-4(7)8;;;;;;;/h3H,1-2,6H2,(H,7,8)(H,9,10);;;;;;;. The molecular formula is C5H13CaNNa2O4. The third kappa shape index (κ3) is 16.8. The number of carboxylic acid groups (broad SMARTS) is 2. The molecule has 0 aliphatic heterocycles. The topological polar surface area (TPSA) is 101 Å². The van der Waals surface area contributed by atoms with Gasteiger partial charge in [-0.1, -0.05) is 0 Å². The van der Waals surface area contributed by atoms with Crippen molar-refractivity contribution in [2.24, 2.45) is 5.73 Å². The van der Waals surface area contributed by atoms with E-state index in [4.69, 9.17) is 15.9 Å². The van der Waals surface area contributed by atoms with Crippen LogP contribution in [0.5, 0.6) is 0 Å². The van der Waals surface area contributed by atoms with E-state index in [0.29, 0.717) is 0 Å². The van der Waals surface area contributed by atoms with E-state index in [2.05, 4.69) is 0 Å². The Morgan fingerprint density at radius 2 is 1.62 bits per heavy atom. The quantitative estimate of drug-likeness (QED) is 0.454. The van der Waals surface area contributed by atoms with Crippen molar-refractivity contribution in [1.82, 2.24) is 0 Å². The third-order valence-electron chi connectivity index (χ3n) is 0.986. The summed E-state index contributed by atoms with van der Waals surface area (Å²) in [6, 6.07) is -1.06. The molecule has 0 aromatic rings. The van der Waals surface area contributed by atoms with Gasteiger partial charge in [-0.2, -0.15) is 0 Å². The van der Waals surface area contributed by atoms with Crippen LogP contribution in [0.15, 0.2) is 0 Å². The van der Waals surface area contributed by atoms with Crippen LogP contribution in [0.1, 0.15) is 12.8 Å². The number of carboxylic acids is 2. The van der Waals surface area contributed by atoms with E-state index in [9.17, 15) is 9.59 Å². The molecule has 0 bridgehead atoms. The van der Waals surface area contributed by atoms with Crippen LogP contribution in [-0.4, -0.2) is 125 Å². The van der Waals surface area contributed by atoms with Crippen molar-refractivity contribution in [2.45, 2.75) is 18.9 Å². The van der Waals surface area contributed by atoms with Crippen LogP contribution >= 0.6 is 0 Å². The molecule has 0 aliphatic rings. The number of carbonyl (C=O) groups is 2. The Kier molecular flexibility index (Phi) is 26.6. The molecule has 0 saturated heterocycles. The van der Waals surface area contributed by atoms with E-state index in [1.807, 2.05) is 0 Å². The molecule has 0 fully saturated rings. The third-order valence-corrected chi connectivity index (χ3v) is 0.986. The molecule has 5 nitrogen and oxygen atoms in total. The first kappa shape index (κ1) is 24.4. The molecule has 0 heterocycles. The summed E-state index contributed by atoms with van der Waals surface area (Å²) in [5.74, 6) is -2.20. The van der Waals surface area contributed by atoms with Crippen LogP contribution in [-0.2, 0) is 9.59 Å². The summed E-state index contributed by atoms with van der Waals surface area (Å²) >= 11 is 0. The first-order valence-corrected chi connectivity index (χ1v) is 2.74. The van der Waals surface area contributed by atoms with E-state index in [1.165, 1.54) is 0 Å². The summed E-state index contributed by atoms with van der Waals surface area (Å²) in [6.45, 7) is 0. The van der Waals surface area contributed by atoms with Gasteiger partial charge in [0.25, 0.3) is 0 Å². The Morgan fingerprint density at radius 1 is 1.23 bits per heavy atom. The van der Waals surface area contributed by atoms with E-state index in [-0.39, 0.29) is 110 Å². The van der Waals surface area contributed by atoms with Gasteiger partial charge in [0.05, 0.1) is 0 Å². The van der Waals surface area contributed by atoms with Gasteiger partial charge in [0, 0.05) is 6.42 Å². The van der Waals surface area contributed by atoms with Gasteiger partial charge < -0.3 is 15.9 Å². The van der Waals surface area contributed by atoms with Crippen LogP contribution in [0, 0.1) is 0 Å². The van der Waals surface area contributed by atoms with Crippen molar-refractivity contribution in [1.29, 1.82) is 0 Å². The molecule has 1 atom stereocenters. The van der Waals surface area contributed by atoms with Crippen molar-refractivity contribution in [3.63, 3.8) is 0 Å². The van der Waals surface area contributed by atoms with Crippen molar-refractivity contribution in [2.75, 3.05) is 0 Å². The Hall–Kier alpha value is 2.16. The molecule has 8 heteroatoms. The van der Waals surface area contributed by atoms with Gasteiger partial charge in [0.1, 0.15) is 6.04 Å². The number of hydrogen-bond acceptors (Lipinski definition) is 3. The minimum absolute atomic E-state index is 0. The molecule has 0 amide bonds. The molecular weight excluding hydrogens is 224 g/mol. The number of hydrogen-bond donors (Lipinski definition) is 3. The van der Waals surface area contributed by atoms with Crippen molar-refractivity contribution < 1.29 is 19.8 Å². The normalized spacial score (nSPS) is 9.62. The average molecular weight is 237 g/mol. The van der Waals surface area contributed by atoms with Crippen LogP contribution < -0.4 is 5.73 Å². The number of aliphatic carboxylic acids is 2. The summed E-state index contributed by atoms with van der Waals surface area (Å²) in [5.41, 5.74) is 5.00. The monoisotopic (exact) mass is 237 g/mol. The second kappa shape index (κ2) is 14.2. The molecule has 0 spiro atoms. The molecule has 4 N–H and O–H groups in total. The van der Waals surface area contributed by atoms with Gasteiger partial charge >= 0.3 is 109 Å². The number of rotatable bonds is 4. The van der Waals surface area contributed by atoms with Crippen LogP contribution in [0.3, 0.4) is 0 Å². The molecule has 13 heavy (non-hydrogen) atoms. The van der Waals surface area contributed by atoms with E-state index < -0.39 is 18.0 Å². The molecule has 1 unspecified atom stereocenters. The molecule has 0 aromatic carbocycles. The maximum atomic E-state index is 9.99. The predicted octanol–water partition coefficient (Wildman–Crippen LogP) is -2.95. The summed E-state index contributed by atoms with van der Waals surface area (Å²) < 4.78 is 0. The minimum atomic E-state index is -1.17. The van der Waals surface area contributed by atoms with Crippen molar-refractivity contribution in [3.05, 3.63) is 0 Å². The predicted molar refractivity (Wildman–Crippen MR) is 55.3 cm³/mol. The molecule has 0 rings (SSSR count). The summed E-state index contributed by atoms with van der Waals surface area (Å²) in [5, 5.41) is 16.3. The fourth-order valence-corrected chi connectivity index (χ4v) is 0.402. The van der Waals surface area contributed by atoms with E-state index in [0.717, 1.165) is 0 Å². The first-order valence-electron chi connectivity index (χ1n) is 2.74. The Labute approximate surface area is 150 Å². The van der Waals surface area contributed by atoms with Gasteiger partial charge in [-0.05, 0) is 6.42 Å². The van der Waals surface area contributed by atoms with Gasteiger partial charge in [-0.25, -0.2) is 0 Å². The van der Waals surface area contributed by atoms with Gasteiger partial charge in [0.2, 0.25) is 0 Å². The Morgan fingerprint density at radius 3 is 1.85 bits per heavy atom. The Bertz CT molecular complexity index is 157. The molecule has 0 aliphatic carbocycles. The Balaban J connectivity index is -0.000000135. The average Bonchev–Trinajstić information content (AvgIpc) is 1.82. The van der Waals surface area contributed by atoms with Gasteiger partial charge in [-0.15, -0.1) is 0 Å². The molecule has 0 aromatic heterocycles. The first-order chi connectivity index (χ1) is 4.54. The molecule has 0 radical (unpaired) electrons. The van der Waals surface area contributed by atoms with Gasteiger partial charge in [0.15, 0.2) is 0 Å². The van der Waals surface area contributed by atoms with Crippen LogP contribution in [0.4, 0.5) is 0 Å². The summed E-state index contributed by atoms with van der Waals surface area (Å²) in [6.07, 6.45) is -0.224. The van der Waals surface area contributed by atoms with Gasteiger partial charge in [-0.3, -0.25) is 9.59 Å². The zero-order valence-electron chi connectivity index (χ0n) is 5.28. The fraction of sp³-hybridized carbons (Fsp3) is 0.600. The molecule has 66 valence electrons. The molecule has 0 saturated carbocycles. The van der Waals surface area contributed by atoms with Crippen molar-refractivity contribution in [3.8, 4) is 0 Å². The van der Waals surface area contributed by atoms with E-state index in [1.54, 1.807) is 0 Å². The second-order valence-electron chi connectivity index (χ2n) is 1.88. The second-order valence-corrected chi connectivity index (χ2v) is 1.88. The van der Waals surface area contributed by atoms with Crippen LogP contribution in [0.2, 0.25) is 0 Å². The van der Waals surface area contributed by atoms with Crippen molar-refractivity contribution >= 4 is 109 Å². The van der Waals surface area contributed by atoms with E-state index >= 15 is 0 Å². The summed E-state index contributed by atoms with van der Waals surface area (Å²) in [4.78, 5) is 19.9. The fourth-order valence-electron chi connectivity index (χ4n) is 0.402. The summed E-state index contributed by atoms with van der Waals surface area (Å²) in [7, 11) is 0. The zero-order chi connectivity index (χ0) is 8.15.